The largest absolute Gasteiger partial charge is 0.494 e. The number of aromatic amines is 1. The van der Waals surface area contributed by atoms with E-state index >= 15 is 0 Å². The van der Waals surface area contributed by atoms with E-state index in [0.29, 0.717) is 12.3 Å². The number of carbonyl (C=O) groups is 1. The first-order chi connectivity index (χ1) is 10.1. The van der Waals surface area contributed by atoms with E-state index in [1.165, 1.54) is 19.4 Å². The van der Waals surface area contributed by atoms with Gasteiger partial charge in [0, 0.05) is 18.0 Å². The Morgan fingerprint density at radius 3 is 2.57 bits per heavy atom. The first-order valence-electron chi connectivity index (χ1n) is 6.45. The summed E-state index contributed by atoms with van der Waals surface area (Å²) < 4.78 is 10.2. The predicted octanol–water partition coefficient (Wildman–Crippen LogP) is 2.03. The number of hydrogen-bond acceptors (Lipinski definition) is 4. The summed E-state index contributed by atoms with van der Waals surface area (Å²) in [5, 5.41) is 2.69. The van der Waals surface area contributed by atoms with Gasteiger partial charge in [-0.1, -0.05) is 0 Å². The molecule has 2 aromatic rings. The fourth-order valence-electron chi connectivity index (χ4n) is 1.75. The second-order valence-electron chi connectivity index (χ2n) is 4.19. The number of aromatic nitrogens is 1. The van der Waals surface area contributed by atoms with E-state index < -0.39 is 5.91 Å². The molecule has 1 heterocycles. The van der Waals surface area contributed by atoms with Crippen molar-refractivity contribution in [3.8, 4) is 11.5 Å². The van der Waals surface area contributed by atoms with Crippen LogP contribution in [0, 0.1) is 0 Å². The van der Waals surface area contributed by atoms with Crippen molar-refractivity contribution in [2.75, 3.05) is 19.0 Å². The zero-order valence-corrected chi connectivity index (χ0v) is 11.8. The summed E-state index contributed by atoms with van der Waals surface area (Å²) in [5.41, 5.74) is 0.419. The Morgan fingerprint density at radius 1 is 1.29 bits per heavy atom. The van der Waals surface area contributed by atoms with Gasteiger partial charge >= 0.3 is 0 Å². The maximum Gasteiger partial charge on any atom is 0.272 e. The van der Waals surface area contributed by atoms with Crippen molar-refractivity contribution in [3.05, 3.63) is 52.4 Å². The Morgan fingerprint density at radius 2 is 2.00 bits per heavy atom. The number of benzene rings is 1. The van der Waals surface area contributed by atoms with Gasteiger partial charge in [-0.05, 0) is 31.2 Å². The molecular formula is C15H16N2O4. The van der Waals surface area contributed by atoms with Gasteiger partial charge in [0.1, 0.15) is 11.4 Å². The molecule has 1 aromatic carbocycles. The summed E-state index contributed by atoms with van der Waals surface area (Å²) in [6, 6.07) is 8.17. The van der Waals surface area contributed by atoms with Crippen LogP contribution < -0.4 is 20.2 Å². The predicted molar refractivity (Wildman–Crippen MR) is 79.2 cm³/mol. The van der Waals surface area contributed by atoms with Crippen LogP contribution in [0.1, 0.15) is 17.4 Å². The molecular weight excluding hydrogens is 272 g/mol. The number of hydrogen-bond donors (Lipinski definition) is 2. The number of amides is 1. The van der Waals surface area contributed by atoms with Gasteiger partial charge < -0.3 is 19.8 Å². The van der Waals surface area contributed by atoms with Crippen molar-refractivity contribution in [3.63, 3.8) is 0 Å². The van der Waals surface area contributed by atoms with Crippen LogP contribution in [0.3, 0.4) is 0 Å². The molecule has 0 saturated carbocycles. The Labute approximate surface area is 121 Å². The van der Waals surface area contributed by atoms with Crippen molar-refractivity contribution in [2.24, 2.45) is 0 Å². The van der Waals surface area contributed by atoms with Crippen LogP contribution in [0.15, 0.2) is 41.3 Å². The van der Waals surface area contributed by atoms with E-state index in [1.54, 1.807) is 24.3 Å². The zero-order chi connectivity index (χ0) is 15.2. The van der Waals surface area contributed by atoms with Crippen LogP contribution in [0.4, 0.5) is 5.69 Å². The standard InChI is InChI=1S/C15H16N2O4/c1-3-21-11-6-4-10(5-7-11)17-15(19)12-8-13(18)14(20-2)9-16-12/h4-9H,3H2,1-2H3,(H,16,18)(H,17,19). The van der Waals surface area contributed by atoms with Crippen molar-refractivity contribution in [1.29, 1.82) is 0 Å². The number of methoxy groups -OCH3 is 1. The molecule has 0 atom stereocenters. The Hall–Kier alpha value is -2.76. The molecule has 1 amide bonds. The molecule has 2 N–H and O–H groups in total. The lowest BCUT2D eigenvalue weighted by molar-refractivity contribution is 0.102. The summed E-state index contributed by atoms with van der Waals surface area (Å²) >= 11 is 0. The second-order valence-corrected chi connectivity index (χ2v) is 4.19. The highest BCUT2D eigenvalue weighted by Gasteiger charge is 2.09. The number of H-pyrrole nitrogens is 1. The topological polar surface area (TPSA) is 80.4 Å². The Kier molecular flexibility index (Phi) is 4.61. The minimum absolute atomic E-state index is 0.160. The third-order valence-corrected chi connectivity index (χ3v) is 2.76. The van der Waals surface area contributed by atoms with Gasteiger partial charge in [0.25, 0.3) is 5.91 Å². The fourth-order valence-corrected chi connectivity index (χ4v) is 1.75. The summed E-state index contributed by atoms with van der Waals surface area (Å²) in [5.74, 6) is 0.486. The van der Waals surface area contributed by atoms with Crippen LogP contribution in [0.2, 0.25) is 0 Å². The normalized spacial score (nSPS) is 10.0. The lowest BCUT2D eigenvalue weighted by Crippen LogP contribution is -2.17. The molecule has 0 radical (unpaired) electrons. The van der Waals surface area contributed by atoms with Gasteiger partial charge in [-0.25, -0.2) is 0 Å². The molecule has 0 saturated heterocycles. The van der Waals surface area contributed by atoms with E-state index in [-0.39, 0.29) is 16.9 Å². The van der Waals surface area contributed by atoms with Crippen molar-refractivity contribution < 1.29 is 14.3 Å². The van der Waals surface area contributed by atoms with Crippen molar-refractivity contribution in [1.82, 2.24) is 4.98 Å². The maximum atomic E-state index is 12.0. The van der Waals surface area contributed by atoms with Crippen LogP contribution in [-0.2, 0) is 0 Å². The highest BCUT2D eigenvalue weighted by Crippen LogP contribution is 2.16. The molecule has 2 rings (SSSR count). The lowest BCUT2D eigenvalue weighted by atomic mass is 10.2. The molecule has 110 valence electrons. The van der Waals surface area contributed by atoms with Crippen LogP contribution in [-0.4, -0.2) is 24.6 Å². The van der Waals surface area contributed by atoms with Gasteiger partial charge in [-0.2, -0.15) is 0 Å². The number of nitrogens with one attached hydrogen (secondary N) is 2. The van der Waals surface area contributed by atoms with E-state index in [2.05, 4.69) is 10.3 Å². The number of carbonyl (C=O) groups excluding carboxylic acids is 1. The van der Waals surface area contributed by atoms with Gasteiger partial charge in [-0.15, -0.1) is 0 Å². The molecule has 0 unspecified atom stereocenters. The molecule has 0 bridgehead atoms. The van der Waals surface area contributed by atoms with E-state index in [4.69, 9.17) is 9.47 Å². The van der Waals surface area contributed by atoms with E-state index in [1.807, 2.05) is 6.92 Å². The Balaban J connectivity index is 2.10. The van der Waals surface area contributed by atoms with Gasteiger partial charge in [-0.3, -0.25) is 9.59 Å². The number of rotatable bonds is 5. The summed E-state index contributed by atoms with van der Waals surface area (Å²) in [7, 11) is 1.39. The highest BCUT2D eigenvalue weighted by atomic mass is 16.5. The van der Waals surface area contributed by atoms with Gasteiger partial charge in [0.2, 0.25) is 5.43 Å². The summed E-state index contributed by atoms with van der Waals surface area (Å²) in [6.45, 7) is 2.48. The summed E-state index contributed by atoms with van der Waals surface area (Å²) in [6.07, 6.45) is 1.36. The van der Waals surface area contributed by atoms with Crippen LogP contribution in [0.25, 0.3) is 0 Å². The molecule has 0 aliphatic rings. The third kappa shape index (κ3) is 3.62. The molecule has 0 aliphatic heterocycles. The first-order valence-corrected chi connectivity index (χ1v) is 6.45. The maximum absolute atomic E-state index is 12.0. The van der Waals surface area contributed by atoms with Crippen LogP contribution >= 0.6 is 0 Å². The van der Waals surface area contributed by atoms with Gasteiger partial charge in [0.05, 0.1) is 13.7 Å². The molecule has 6 heteroatoms. The fraction of sp³-hybridized carbons (Fsp3) is 0.200. The minimum Gasteiger partial charge on any atom is -0.494 e. The monoisotopic (exact) mass is 288 g/mol. The van der Waals surface area contributed by atoms with E-state index in [0.717, 1.165) is 5.75 Å². The molecule has 0 fully saturated rings. The average Bonchev–Trinajstić information content (AvgIpc) is 2.49. The minimum atomic E-state index is -0.404. The van der Waals surface area contributed by atoms with Crippen molar-refractivity contribution in [2.45, 2.75) is 6.92 Å². The third-order valence-electron chi connectivity index (χ3n) is 2.76. The molecule has 0 spiro atoms. The van der Waals surface area contributed by atoms with Gasteiger partial charge in [0.15, 0.2) is 5.75 Å². The summed E-state index contributed by atoms with van der Waals surface area (Å²) in [4.78, 5) is 26.3. The molecule has 21 heavy (non-hydrogen) atoms. The molecule has 1 aromatic heterocycles. The average molecular weight is 288 g/mol. The second kappa shape index (κ2) is 6.60. The number of ether oxygens (including phenoxy) is 2. The Bertz CT molecular complexity index is 677. The smallest absolute Gasteiger partial charge is 0.272 e. The van der Waals surface area contributed by atoms with Crippen molar-refractivity contribution >= 4 is 11.6 Å². The first kappa shape index (κ1) is 14.6. The molecule has 6 nitrogen and oxygen atoms in total. The zero-order valence-electron chi connectivity index (χ0n) is 11.8. The number of anilines is 1. The highest BCUT2D eigenvalue weighted by molar-refractivity contribution is 6.02. The SMILES string of the molecule is CCOc1ccc(NC(=O)c2cc(=O)c(OC)c[nH]2)cc1. The van der Waals surface area contributed by atoms with E-state index in [9.17, 15) is 9.59 Å². The number of pyridine rings is 1. The quantitative estimate of drug-likeness (QED) is 0.882. The van der Waals surface area contributed by atoms with Crippen LogP contribution in [0.5, 0.6) is 11.5 Å². The lowest BCUT2D eigenvalue weighted by Gasteiger charge is -2.07. The molecule has 0 aliphatic carbocycles.